The summed E-state index contributed by atoms with van der Waals surface area (Å²) in [6, 6.07) is 0. The lowest BCUT2D eigenvalue weighted by Gasteiger charge is -2.35. The highest BCUT2D eigenvalue weighted by Gasteiger charge is 2.34. The molecule has 2 N–H and O–H groups in total. The van der Waals surface area contributed by atoms with E-state index in [4.69, 9.17) is 0 Å². The van der Waals surface area contributed by atoms with Gasteiger partial charge in [-0.1, -0.05) is 34.6 Å². The van der Waals surface area contributed by atoms with Crippen LogP contribution in [-0.4, -0.2) is 24.5 Å². The minimum atomic E-state index is -0.462. The summed E-state index contributed by atoms with van der Waals surface area (Å²) in [5, 5.41) is 6.44. The van der Waals surface area contributed by atoms with Crippen LogP contribution in [0, 0.1) is 11.3 Å². The second-order valence-corrected chi connectivity index (χ2v) is 6.66. The third-order valence-electron chi connectivity index (χ3n) is 3.57. The van der Waals surface area contributed by atoms with E-state index in [0.717, 1.165) is 19.4 Å². The largest absolute Gasteiger partial charge is 0.355 e. The lowest BCUT2D eigenvalue weighted by Crippen LogP contribution is -2.57. The normalized spacial score (nSPS) is 15.6. The van der Waals surface area contributed by atoms with E-state index in [2.05, 4.69) is 45.3 Å². The molecule has 0 rings (SSSR count). The Labute approximate surface area is 113 Å². The zero-order chi connectivity index (χ0) is 14.4. The Morgan fingerprint density at radius 1 is 1.17 bits per heavy atom. The Morgan fingerprint density at radius 3 is 2.11 bits per heavy atom. The Bertz CT molecular complexity index is 261. The van der Waals surface area contributed by atoms with Crippen LogP contribution in [0.4, 0.5) is 0 Å². The maximum absolute atomic E-state index is 12.2. The molecule has 0 aromatic rings. The molecular formula is C15H32N2O. The van der Waals surface area contributed by atoms with Gasteiger partial charge in [0.2, 0.25) is 5.91 Å². The highest BCUT2D eigenvalue weighted by atomic mass is 16.2. The minimum Gasteiger partial charge on any atom is -0.355 e. The van der Waals surface area contributed by atoms with Gasteiger partial charge in [0.15, 0.2) is 0 Å². The zero-order valence-corrected chi connectivity index (χ0v) is 13.3. The van der Waals surface area contributed by atoms with Gasteiger partial charge in [-0.05, 0) is 38.0 Å². The lowest BCUT2D eigenvalue weighted by molar-refractivity contribution is -0.127. The van der Waals surface area contributed by atoms with E-state index in [1.165, 1.54) is 0 Å². The molecule has 0 aliphatic heterocycles. The Kier molecular flexibility index (Phi) is 6.90. The standard InChI is InChI=1S/C15H32N2O/c1-8-14(5,6)11-17-15(7,10-12(3)4)13(18)16-9-2/h12,17H,8-11H2,1-7H3,(H,16,18). The van der Waals surface area contributed by atoms with E-state index >= 15 is 0 Å². The van der Waals surface area contributed by atoms with E-state index in [1.54, 1.807) is 0 Å². The molecular weight excluding hydrogens is 224 g/mol. The second kappa shape index (κ2) is 7.13. The van der Waals surface area contributed by atoms with Crippen LogP contribution in [0.5, 0.6) is 0 Å². The molecule has 0 heterocycles. The van der Waals surface area contributed by atoms with Gasteiger partial charge in [0.25, 0.3) is 0 Å². The molecule has 1 unspecified atom stereocenters. The molecule has 3 heteroatoms. The van der Waals surface area contributed by atoms with E-state index in [0.29, 0.717) is 12.5 Å². The summed E-state index contributed by atoms with van der Waals surface area (Å²) in [6.07, 6.45) is 1.96. The smallest absolute Gasteiger partial charge is 0.240 e. The van der Waals surface area contributed by atoms with Crippen LogP contribution in [0.15, 0.2) is 0 Å². The molecule has 0 saturated heterocycles. The Hall–Kier alpha value is -0.570. The third-order valence-corrected chi connectivity index (χ3v) is 3.57. The summed E-state index contributed by atoms with van der Waals surface area (Å²) in [4.78, 5) is 12.2. The average molecular weight is 256 g/mol. The van der Waals surface area contributed by atoms with E-state index in [1.807, 2.05) is 13.8 Å². The number of rotatable bonds is 8. The first-order valence-electron chi connectivity index (χ1n) is 7.20. The topological polar surface area (TPSA) is 41.1 Å². The predicted octanol–water partition coefficient (Wildman–Crippen LogP) is 2.95. The molecule has 0 fully saturated rings. The number of hydrogen-bond acceptors (Lipinski definition) is 2. The quantitative estimate of drug-likeness (QED) is 0.701. The van der Waals surface area contributed by atoms with Gasteiger partial charge in [-0.25, -0.2) is 0 Å². The van der Waals surface area contributed by atoms with Gasteiger partial charge in [0.1, 0.15) is 0 Å². The molecule has 0 aromatic carbocycles. The molecule has 0 aliphatic rings. The third kappa shape index (κ3) is 5.85. The van der Waals surface area contributed by atoms with Crippen molar-refractivity contribution in [3.8, 4) is 0 Å². The van der Waals surface area contributed by atoms with Crippen LogP contribution in [0.2, 0.25) is 0 Å². The monoisotopic (exact) mass is 256 g/mol. The number of carbonyl (C=O) groups excluding carboxylic acids is 1. The van der Waals surface area contributed by atoms with Crippen LogP contribution in [-0.2, 0) is 4.79 Å². The van der Waals surface area contributed by atoms with Crippen LogP contribution < -0.4 is 10.6 Å². The summed E-state index contributed by atoms with van der Waals surface area (Å²) in [7, 11) is 0. The van der Waals surface area contributed by atoms with Gasteiger partial charge in [-0.2, -0.15) is 0 Å². The van der Waals surface area contributed by atoms with Gasteiger partial charge in [-0.15, -0.1) is 0 Å². The second-order valence-electron chi connectivity index (χ2n) is 6.66. The van der Waals surface area contributed by atoms with E-state index in [-0.39, 0.29) is 11.3 Å². The van der Waals surface area contributed by atoms with Gasteiger partial charge in [-0.3, -0.25) is 4.79 Å². The van der Waals surface area contributed by atoms with Crippen molar-refractivity contribution in [1.82, 2.24) is 10.6 Å². The maximum atomic E-state index is 12.2. The fourth-order valence-electron chi connectivity index (χ4n) is 1.98. The molecule has 0 aromatic heterocycles. The maximum Gasteiger partial charge on any atom is 0.240 e. The van der Waals surface area contributed by atoms with Crippen molar-refractivity contribution < 1.29 is 4.79 Å². The zero-order valence-electron chi connectivity index (χ0n) is 13.3. The molecule has 0 bridgehead atoms. The molecule has 1 atom stereocenters. The Morgan fingerprint density at radius 2 is 1.72 bits per heavy atom. The molecule has 18 heavy (non-hydrogen) atoms. The van der Waals surface area contributed by atoms with Crippen LogP contribution in [0.1, 0.15) is 61.3 Å². The van der Waals surface area contributed by atoms with Gasteiger partial charge in [0, 0.05) is 13.1 Å². The van der Waals surface area contributed by atoms with Crippen molar-refractivity contribution in [3.05, 3.63) is 0 Å². The fraction of sp³-hybridized carbons (Fsp3) is 0.933. The van der Waals surface area contributed by atoms with Crippen molar-refractivity contribution in [3.63, 3.8) is 0 Å². The van der Waals surface area contributed by atoms with Crippen molar-refractivity contribution in [2.75, 3.05) is 13.1 Å². The summed E-state index contributed by atoms with van der Waals surface area (Å²) < 4.78 is 0. The predicted molar refractivity (Wildman–Crippen MR) is 78.6 cm³/mol. The molecule has 0 saturated carbocycles. The molecule has 108 valence electrons. The first-order chi connectivity index (χ1) is 8.17. The minimum absolute atomic E-state index is 0.116. The lowest BCUT2D eigenvalue weighted by atomic mass is 9.85. The van der Waals surface area contributed by atoms with Gasteiger partial charge in [0.05, 0.1) is 5.54 Å². The SMILES string of the molecule is CCNC(=O)C(C)(CC(C)C)NCC(C)(C)CC. The first kappa shape index (κ1) is 17.4. The molecule has 0 aliphatic carbocycles. The van der Waals surface area contributed by atoms with Crippen molar-refractivity contribution >= 4 is 5.91 Å². The van der Waals surface area contributed by atoms with Crippen molar-refractivity contribution in [2.45, 2.75) is 66.8 Å². The van der Waals surface area contributed by atoms with Gasteiger partial charge < -0.3 is 10.6 Å². The van der Waals surface area contributed by atoms with Crippen LogP contribution >= 0.6 is 0 Å². The first-order valence-corrected chi connectivity index (χ1v) is 7.20. The van der Waals surface area contributed by atoms with Crippen molar-refractivity contribution in [1.29, 1.82) is 0 Å². The number of likely N-dealkylation sites (N-methyl/N-ethyl adjacent to an activating group) is 1. The number of nitrogens with one attached hydrogen (secondary N) is 2. The molecule has 3 nitrogen and oxygen atoms in total. The van der Waals surface area contributed by atoms with Crippen LogP contribution in [0.3, 0.4) is 0 Å². The van der Waals surface area contributed by atoms with E-state index < -0.39 is 5.54 Å². The molecule has 0 spiro atoms. The summed E-state index contributed by atoms with van der Waals surface area (Å²) in [5.74, 6) is 0.612. The highest BCUT2D eigenvalue weighted by Crippen LogP contribution is 2.22. The summed E-state index contributed by atoms with van der Waals surface area (Å²) >= 11 is 0. The molecule has 1 amide bonds. The Balaban J connectivity index is 4.72. The van der Waals surface area contributed by atoms with Gasteiger partial charge >= 0.3 is 0 Å². The number of amides is 1. The summed E-state index contributed by atoms with van der Waals surface area (Å²) in [5.41, 5.74) is -0.235. The van der Waals surface area contributed by atoms with E-state index in [9.17, 15) is 4.79 Å². The average Bonchev–Trinajstić information content (AvgIpc) is 2.26. The summed E-state index contributed by atoms with van der Waals surface area (Å²) in [6.45, 7) is 16.5. The fourth-order valence-corrected chi connectivity index (χ4v) is 1.98. The van der Waals surface area contributed by atoms with Crippen molar-refractivity contribution in [2.24, 2.45) is 11.3 Å². The van der Waals surface area contributed by atoms with Crippen LogP contribution in [0.25, 0.3) is 0 Å². The highest BCUT2D eigenvalue weighted by molar-refractivity contribution is 5.85. The number of carbonyl (C=O) groups is 1. The number of hydrogen-bond donors (Lipinski definition) is 2. The molecule has 0 radical (unpaired) electrons.